The Morgan fingerprint density at radius 1 is 0.966 bits per heavy atom. The molecule has 2 aromatic rings. The quantitative estimate of drug-likeness (QED) is 0.536. The molecule has 0 heterocycles. The third kappa shape index (κ3) is 7.62. The highest BCUT2D eigenvalue weighted by Crippen LogP contribution is 2.12. The van der Waals surface area contributed by atoms with Gasteiger partial charge in [0, 0.05) is 0 Å². The highest BCUT2D eigenvalue weighted by atomic mass is 19.1. The first kappa shape index (κ1) is 22.5. The van der Waals surface area contributed by atoms with Crippen molar-refractivity contribution in [3.05, 3.63) is 71.3 Å². The molecule has 156 valence electrons. The van der Waals surface area contributed by atoms with E-state index in [1.807, 2.05) is 0 Å². The van der Waals surface area contributed by atoms with Gasteiger partial charge in [0.15, 0.2) is 0 Å². The van der Waals surface area contributed by atoms with E-state index in [1.165, 1.54) is 18.2 Å². The predicted octanol–water partition coefficient (Wildman–Crippen LogP) is 3.21. The Morgan fingerprint density at radius 3 is 2.28 bits per heavy atom. The highest BCUT2D eigenvalue weighted by Gasteiger charge is 2.23. The number of hydrogen-bond donors (Lipinski definition) is 3. The van der Waals surface area contributed by atoms with E-state index in [1.54, 1.807) is 30.3 Å². The Balaban J connectivity index is 1.76. The summed E-state index contributed by atoms with van der Waals surface area (Å²) in [5.41, 5.74) is 7.33. The van der Waals surface area contributed by atoms with Crippen LogP contribution in [0.1, 0.15) is 36.8 Å². The summed E-state index contributed by atoms with van der Waals surface area (Å²) in [5, 5.41) is 11.8. The second kappa shape index (κ2) is 11.3. The number of aliphatic carboxylic acids is 1. The first-order valence-electron chi connectivity index (χ1n) is 9.63. The molecule has 7 heteroatoms. The van der Waals surface area contributed by atoms with Gasteiger partial charge in [-0.1, -0.05) is 30.3 Å². The molecular formula is C22H26F2N2O3. The second-order valence-corrected chi connectivity index (χ2v) is 7.01. The summed E-state index contributed by atoms with van der Waals surface area (Å²) in [5.74, 6) is -2.31. The number of hydrogen-bond acceptors (Lipinski definition) is 3. The molecule has 29 heavy (non-hydrogen) atoms. The molecule has 0 bridgehead atoms. The average molecular weight is 404 g/mol. The lowest BCUT2D eigenvalue weighted by Crippen LogP contribution is -2.48. The summed E-state index contributed by atoms with van der Waals surface area (Å²) < 4.78 is 26.5. The van der Waals surface area contributed by atoms with E-state index in [-0.39, 0.29) is 18.1 Å². The standard InChI is InChI=1S/C22H26F2N2O3/c23-17-13-11-15(12-14-17)5-3-9-19(25)21(27)26-20(22(28)29)10-4-7-16-6-1-2-8-18(16)24/h1-2,6,8,11-14,19-20H,3-5,7,9-10,25H2,(H,26,27)(H,28,29). The minimum absolute atomic E-state index is 0.178. The average Bonchev–Trinajstić information content (AvgIpc) is 2.69. The zero-order valence-corrected chi connectivity index (χ0v) is 16.1. The molecule has 0 spiro atoms. The molecule has 5 nitrogen and oxygen atoms in total. The van der Waals surface area contributed by atoms with Crippen molar-refractivity contribution in [3.63, 3.8) is 0 Å². The fourth-order valence-corrected chi connectivity index (χ4v) is 3.04. The number of nitrogens with one attached hydrogen (secondary N) is 1. The number of carbonyl (C=O) groups excluding carboxylic acids is 1. The third-order valence-corrected chi connectivity index (χ3v) is 4.74. The minimum atomic E-state index is -1.15. The lowest BCUT2D eigenvalue weighted by atomic mass is 10.0. The third-order valence-electron chi connectivity index (χ3n) is 4.74. The van der Waals surface area contributed by atoms with Gasteiger partial charge in [0.25, 0.3) is 0 Å². The molecule has 2 rings (SSSR count). The molecule has 0 saturated carbocycles. The monoisotopic (exact) mass is 404 g/mol. The maximum Gasteiger partial charge on any atom is 0.326 e. The molecule has 2 atom stereocenters. The number of carboxylic acids is 1. The number of halogens is 2. The van der Waals surface area contributed by atoms with Gasteiger partial charge >= 0.3 is 5.97 Å². The number of carboxylic acid groups (broad SMARTS) is 1. The normalized spacial score (nSPS) is 12.9. The number of amides is 1. The van der Waals surface area contributed by atoms with Gasteiger partial charge in [-0.3, -0.25) is 4.79 Å². The van der Waals surface area contributed by atoms with Crippen LogP contribution in [0, 0.1) is 11.6 Å². The fraction of sp³-hybridized carbons (Fsp3) is 0.364. The lowest BCUT2D eigenvalue weighted by molar-refractivity contribution is -0.142. The van der Waals surface area contributed by atoms with Crippen molar-refractivity contribution < 1.29 is 23.5 Å². The van der Waals surface area contributed by atoms with E-state index in [9.17, 15) is 23.5 Å². The summed E-state index contributed by atoms with van der Waals surface area (Å²) in [4.78, 5) is 23.7. The van der Waals surface area contributed by atoms with Crippen molar-refractivity contribution in [2.75, 3.05) is 0 Å². The van der Waals surface area contributed by atoms with Crippen molar-refractivity contribution in [1.29, 1.82) is 0 Å². The van der Waals surface area contributed by atoms with Gasteiger partial charge in [-0.15, -0.1) is 0 Å². The van der Waals surface area contributed by atoms with Crippen molar-refractivity contribution in [2.24, 2.45) is 5.73 Å². The Labute approximate surface area is 168 Å². The molecule has 0 aliphatic heterocycles. The van der Waals surface area contributed by atoms with Crippen LogP contribution in [0.2, 0.25) is 0 Å². The summed E-state index contributed by atoms with van der Waals surface area (Å²) in [6.07, 6.45) is 2.62. The van der Waals surface area contributed by atoms with Crippen LogP contribution in [0.4, 0.5) is 8.78 Å². The maximum absolute atomic E-state index is 13.6. The highest BCUT2D eigenvalue weighted by molar-refractivity contribution is 5.86. The Bertz CT molecular complexity index is 812. The largest absolute Gasteiger partial charge is 0.480 e. The number of rotatable bonds is 11. The summed E-state index contributed by atoms with van der Waals surface area (Å²) in [6, 6.07) is 10.5. The molecular weight excluding hydrogens is 378 g/mol. The summed E-state index contributed by atoms with van der Waals surface area (Å²) in [6.45, 7) is 0. The molecule has 0 aliphatic rings. The first-order valence-corrected chi connectivity index (χ1v) is 9.63. The number of aryl methyl sites for hydroxylation is 2. The Morgan fingerprint density at radius 2 is 1.62 bits per heavy atom. The van der Waals surface area contributed by atoms with E-state index in [0.29, 0.717) is 37.7 Å². The maximum atomic E-state index is 13.6. The smallest absolute Gasteiger partial charge is 0.326 e. The minimum Gasteiger partial charge on any atom is -0.480 e. The van der Waals surface area contributed by atoms with E-state index in [0.717, 1.165) is 5.56 Å². The van der Waals surface area contributed by atoms with Gasteiger partial charge in [-0.25, -0.2) is 13.6 Å². The topological polar surface area (TPSA) is 92.4 Å². The van der Waals surface area contributed by atoms with Gasteiger partial charge in [-0.05, 0) is 67.9 Å². The van der Waals surface area contributed by atoms with Crippen molar-refractivity contribution >= 4 is 11.9 Å². The van der Waals surface area contributed by atoms with Crippen LogP contribution in [0.3, 0.4) is 0 Å². The number of carbonyl (C=O) groups is 2. The molecule has 1 amide bonds. The van der Waals surface area contributed by atoms with Crippen LogP contribution in [0.5, 0.6) is 0 Å². The van der Waals surface area contributed by atoms with Crippen LogP contribution in [0.15, 0.2) is 48.5 Å². The van der Waals surface area contributed by atoms with Crippen molar-refractivity contribution in [2.45, 2.75) is 50.6 Å². The van der Waals surface area contributed by atoms with Crippen molar-refractivity contribution in [1.82, 2.24) is 5.32 Å². The van der Waals surface area contributed by atoms with E-state index in [2.05, 4.69) is 5.32 Å². The number of nitrogens with two attached hydrogens (primary N) is 1. The molecule has 0 aliphatic carbocycles. The molecule has 2 unspecified atom stereocenters. The van der Waals surface area contributed by atoms with Crippen molar-refractivity contribution in [3.8, 4) is 0 Å². The SMILES string of the molecule is NC(CCCc1ccc(F)cc1)C(=O)NC(CCCc1ccccc1F)C(=O)O. The molecule has 0 saturated heterocycles. The van der Waals surface area contributed by atoms with Crippen LogP contribution in [-0.4, -0.2) is 29.1 Å². The Hall–Kier alpha value is -2.80. The van der Waals surface area contributed by atoms with E-state index < -0.39 is 24.0 Å². The lowest BCUT2D eigenvalue weighted by Gasteiger charge is -2.18. The molecule has 0 aromatic heterocycles. The van der Waals surface area contributed by atoms with Gasteiger partial charge < -0.3 is 16.2 Å². The van der Waals surface area contributed by atoms with Crippen LogP contribution >= 0.6 is 0 Å². The predicted molar refractivity (Wildman–Crippen MR) is 106 cm³/mol. The summed E-state index contributed by atoms with van der Waals surface area (Å²) in [7, 11) is 0. The molecule has 0 fully saturated rings. The van der Waals surface area contributed by atoms with Crippen LogP contribution in [-0.2, 0) is 22.4 Å². The van der Waals surface area contributed by atoms with E-state index >= 15 is 0 Å². The van der Waals surface area contributed by atoms with Gasteiger partial charge in [0.2, 0.25) is 5.91 Å². The zero-order valence-electron chi connectivity index (χ0n) is 16.1. The number of benzene rings is 2. The molecule has 4 N–H and O–H groups in total. The first-order chi connectivity index (χ1) is 13.9. The van der Waals surface area contributed by atoms with Gasteiger partial charge in [-0.2, -0.15) is 0 Å². The van der Waals surface area contributed by atoms with Gasteiger partial charge in [0.1, 0.15) is 17.7 Å². The zero-order chi connectivity index (χ0) is 21.2. The Kier molecular flexibility index (Phi) is 8.73. The van der Waals surface area contributed by atoms with Crippen LogP contribution in [0.25, 0.3) is 0 Å². The summed E-state index contributed by atoms with van der Waals surface area (Å²) >= 11 is 0. The van der Waals surface area contributed by atoms with E-state index in [4.69, 9.17) is 5.73 Å². The second-order valence-electron chi connectivity index (χ2n) is 7.01. The fourth-order valence-electron chi connectivity index (χ4n) is 3.04. The van der Waals surface area contributed by atoms with Gasteiger partial charge in [0.05, 0.1) is 6.04 Å². The molecule has 0 radical (unpaired) electrons. The molecule has 2 aromatic carbocycles. The van der Waals surface area contributed by atoms with Crippen LogP contribution < -0.4 is 11.1 Å².